The van der Waals surface area contributed by atoms with Gasteiger partial charge in [-0.05, 0) is 25.3 Å². The molecule has 0 bridgehead atoms. The van der Waals surface area contributed by atoms with Crippen molar-refractivity contribution in [2.45, 2.75) is 50.6 Å². The molecule has 1 saturated carbocycles. The fourth-order valence-electron chi connectivity index (χ4n) is 4.58. The van der Waals surface area contributed by atoms with Gasteiger partial charge in [-0.3, -0.25) is 4.79 Å². The first kappa shape index (κ1) is 21.2. The fraction of sp³-hybridized carbons (Fsp3) is 0.524. The number of ether oxygens (including phenoxy) is 1. The number of carbonyl (C=O) groups excluding carboxylic acids is 2. The number of halogens is 1. The molecule has 1 atom stereocenters. The Balaban J connectivity index is 1.47. The van der Waals surface area contributed by atoms with Crippen LogP contribution < -0.4 is 0 Å². The molecule has 9 heteroatoms. The lowest BCUT2D eigenvalue weighted by molar-refractivity contribution is -0.140. The third kappa shape index (κ3) is 4.34. The second-order valence-electron chi connectivity index (χ2n) is 8.09. The number of esters is 1. The summed E-state index contributed by atoms with van der Waals surface area (Å²) in [4.78, 5) is 30.2. The third-order valence-electron chi connectivity index (χ3n) is 6.03. The average Bonchev–Trinajstić information content (AvgIpc) is 3.26. The Hall–Kier alpha value is -2.06. The van der Waals surface area contributed by atoms with Crippen LogP contribution in [0.1, 0.15) is 49.0 Å². The van der Waals surface area contributed by atoms with E-state index in [9.17, 15) is 18.0 Å². The third-order valence-corrected chi connectivity index (χ3v) is 8.17. The number of rotatable bonds is 5. The summed E-state index contributed by atoms with van der Waals surface area (Å²) in [5.74, 6) is -0.966. The van der Waals surface area contributed by atoms with Gasteiger partial charge in [0.1, 0.15) is 5.69 Å². The van der Waals surface area contributed by atoms with Gasteiger partial charge < -0.3 is 14.6 Å². The van der Waals surface area contributed by atoms with Gasteiger partial charge in [0.15, 0.2) is 16.4 Å². The van der Waals surface area contributed by atoms with Gasteiger partial charge in [0.2, 0.25) is 0 Å². The number of nitrogens with one attached hydrogen (secondary N) is 1. The highest BCUT2D eigenvalue weighted by atomic mass is 35.5. The minimum atomic E-state index is -3.13. The highest BCUT2D eigenvalue weighted by Crippen LogP contribution is 2.30. The van der Waals surface area contributed by atoms with Crippen LogP contribution in [-0.4, -0.2) is 60.4 Å². The first-order valence-corrected chi connectivity index (χ1v) is 12.5. The summed E-state index contributed by atoms with van der Waals surface area (Å²) in [6, 6.07) is 6.89. The summed E-state index contributed by atoms with van der Waals surface area (Å²) < 4.78 is 29.3. The number of fused-ring (bicyclic) bond motifs is 1. The van der Waals surface area contributed by atoms with Crippen LogP contribution >= 0.6 is 11.6 Å². The molecule has 2 fully saturated rings. The first-order chi connectivity index (χ1) is 14.4. The van der Waals surface area contributed by atoms with Gasteiger partial charge in [0.25, 0.3) is 5.91 Å². The quantitative estimate of drug-likeness (QED) is 0.702. The highest BCUT2D eigenvalue weighted by molar-refractivity contribution is 7.91. The van der Waals surface area contributed by atoms with Crippen molar-refractivity contribution in [3.8, 4) is 0 Å². The van der Waals surface area contributed by atoms with E-state index in [0.717, 1.165) is 32.1 Å². The fourth-order valence-corrected chi connectivity index (χ4v) is 6.58. The second kappa shape index (κ2) is 8.59. The summed E-state index contributed by atoms with van der Waals surface area (Å²) >= 11 is 6.29. The minimum absolute atomic E-state index is 0.0000779. The predicted octanol–water partition coefficient (Wildman–Crippen LogP) is 3.33. The van der Waals surface area contributed by atoms with Crippen molar-refractivity contribution in [2.75, 3.05) is 18.1 Å². The van der Waals surface area contributed by atoms with E-state index in [1.54, 1.807) is 17.0 Å². The van der Waals surface area contributed by atoms with Gasteiger partial charge in [-0.1, -0.05) is 49.1 Å². The van der Waals surface area contributed by atoms with Crippen molar-refractivity contribution in [1.29, 1.82) is 0 Å². The number of aromatic amines is 1. The Morgan fingerprint density at radius 1 is 1.10 bits per heavy atom. The Morgan fingerprint density at radius 2 is 1.83 bits per heavy atom. The largest absolute Gasteiger partial charge is 0.451 e. The van der Waals surface area contributed by atoms with Gasteiger partial charge in [0, 0.05) is 23.0 Å². The molecular weight excluding hydrogens is 428 g/mol. The van der Waals surface area contributed by atoms with E-state index < -0.39 is 22.4 Å². The Morgan fingerprint density at radius 3 is 2.50 bits per heavy atom. The van der Waals surface area contributed by atoms with Crippen LogP contribution in [0, 0.1) is 0 Å². The van der Waals surface area contributed by atoms with E-state index in [1.807, 2.05) is 12.1 Å². The van der Waals surface area contributed by atoms with Gasteiger partial charge in [-0.15, -0.1) is 0 Å². The average molecular weight is 453 g/mol. The predicted molar refractivity (Wildman–Crippen MR) is 114 cm³/mol. The molecule has 2 heterocycles. The van der Waals surface area contributed by atoms with Crippen LogP contribution in [0.25, 0.3) is 10.9 Å². The Bertz CT molecular complexity index is 1060. The van der Waals surface area contributed by atoms with E-state index in [4.69, 9.17) is 16.3 Å². The molecule has 162 valence electrons. The zero-order valence-electron chi connectivity index (χ0n) is 16.6. The molecular formula is C21H25ClN2O5S. The first-order valence-electron chi connectivity index (χ1n) is 10.3. The Kier molecular flexibility index (Phi) is 6.06. The molecule has 30 heavy (non-hydrogen) atoms. The van der Waals surface area contributed by atoms with E-state index >= 15 is 0 Å². The molecule has 7 nitrogen and oxygen atoms in total. The van der Waals surface area contributed by atoms with E-state index in [-0.39, 0.29) is 40.2 Å². The van der Waals surface area contributed by atoms with Crippen molar-refractivity contribution in [3.05, 3.63) is 35.0 Å². The van der Waals surface area contributed by atoms with Crippen molar-refractivity contribution in [1.82, 2.24) is 9.88 Å². The molecule has 0 spiro atoms. The summed E-state index contributed by atoms with van der Waals surface area (Å²) in [7, 11) is -3.13. The number of benzene rings is 1. The maximum Gasteiger partial charge on any atom is 0.356 e. The monoisotopic (exact) mass is 452 g/mol. The molecule has 0 radical (unpaired) electrons. The van der Waals surface area contributed by atoms with Crippen LogP contribution in [0.2, 0.25) is 5.02 Å². The number of nitrogens with zero attached hydrogens (tertiary/aromatic N) is 1. The molecule has 1 N–H and O–H groups in total. The van der Waals surface area contributed by atoms with Gasteiger partial charge >= 0.3 is 5.97 Å². The number of amides is 1. The van der Waals surface area contributed by atoms with Gasteiger partial charge in [0.05, 0.1) is 16.5 Å². The SMILES string of the molecule is O=C(OCC(=O)N(C1CCCCC1)C1CCS(=O)(=O)C1)c1[nH]c2ccccc2c1Cl. The molecule has 1 aromatic heterocycles. The van der Waals surface area contributed by atoms with Crippen molar-refractivity contribution >= 4 is 44.2 Å². The van der Waals surface area contributed by atoms with Crippen LogP contribution in [0.4, 0.5) is 0 Å². The van der Waals surface area contributed by atoms with E-state index in [0.29, 0.717) is 17.3 Å². The lowest BCUT2D eigenvalue weighted by Gasteiger charge is -2.38. The number of sulfone groups is 1. The number of hydrogen-bond donors (Lipinski definition) is 1. The minimum Gasteiger partial charge on any atom is -0.451 e. The van der Waals surface area contributed by atoms with Crippen molar-refractivity contribution in [2.24, 2.45) is 0 Å². The summed E-state index contributed by atoms with van der Waals surface area (Å²) in [6.45, 7) is -0.433. The molecule has 1 aliphatic heterocycles. The molecule has 1 aliphatic carbocycles. The molecule has 4 rings (SSSR count). The zero-order chi connectivity index (χ0) is 21.3. The van der Waals surface area contributed by atoms with Crippen molar-refractivity contribution in [3.63, 3.8) is 0 Å². The highest BCUT2D eigenvalue weighted by Gasteiger charge is 2.38. The van der Waals surface area contributed by atoms with Crippen LogP contribution in [0.3, 0.4) is 0 Å². The van der Waals surface area contributed by atoms with Crippen LogP contribution in [0.5, 0.6) is 0 Å². The molecule has 1 unspecified atom stereocenters. The standard InChI is InChI=1S/C21H25ClN2O5S/c22-19-16-8-4-5-9-17(16)23-20(19)21(26)29-12-18(25)24(14-6-2-1-3-7-14)15-10-11-30(27,28)13-15/h4-5,8-9,14-15,23H,1-3,6-7,10-13H2. The molecule has 2 aromatic rings. The van der Waals surface area contributed by atoms with E-state index in [2.05, 4.69) is 4.98 Å². The van der Waals surface area contributed by atoms with Gasteiger partial charge in [-0.2, -0.15) is 0 Å². The second-order valence-corrected chi connectivity index (χ2v) is 10.7. The Labute approximate surface area is 180 Å². The molecule has 1 aromatic carbocycles. The molecule has 1 amide bonds. The number of H-pyrrole nitrogens is 1. The number of para-hydroxylation sites is 1. The van der Waals surface area contributed by atoms with E-state index in [1.165, 1.54) is 0 Å². The van der Waals surface area contributed by atoms with Crippen LogP contribution in [0.15, 0.2) is 24.3 Å². The summed E-state index contributed by atoms with van der Waals surface area (Å²) in [5.41, 5.74) is 0.819. The van der Waals surface area contributed by atoms with Crippen LogP contribution in [-0.2, 0) is 19.4 Å². The number of carbonyl (C=O) groups is 2. The summed E-state index contributed by atoms with van der Waals surface area (Å²) in [6.07, 6.45) is 5.28. The van der Waals surface area contributed by atoms with Crippen molar-refractivity contribution < 1.29 is 22.7 Å². The topological polar surface area (TPSA) is 96.5 Å². The summed E-state index contributed by atoms with van der Waals surface area (Å²) in [5, 5.41) is 0.964. The lowest BCUT2D eigenvalue weighted by atomic mass is 9.93. The smallest absolute Gasteiger partial charge is 0.356 e. The number of hydrogen-bond acceptors (Lipinski definition) is 5. The van der Waals surface area contributed by atoms with Gasteiger partial charge in [-0.25, -0.2) is 13.2 Å². The normalized spacial score (nSPS) is 21.6. The lowest BCUT2D eigenvalue weighted by Crippen LogP contribution is -2.50. The number of aromatic nitrogens is 1. The maximum absolute atomic E-state index is 13.0. The molecule has 1 saturated heterocycles. The molecule has 2 aliphatic rings. The zero-order valence-corrected chi connectivity index (χ0v) is 18.2. The maximum atomic E-state index is 13.0.